The highest BCUT2D eigenvalue weighted by molar-refractivity contribution is 7.98. The summed E-state index contributed by atoms with van der Waals surface area (Å²) in [5, 5.41) is 13.6. The number of primary amides is 1. The molecule has 1 saturated carbocycles. The van der Waals surface area contributed by atoms with Crippen LogP contribution in [0.3, 0.4) is 0 Å². The van der Waals surface area contributed by atoms with Crippen LogP contribution in [0.25, 0.3) is 10.9 Å². The molecule has 3 amide bonds. The summed E-state index contributed by atoms with van der Waals surface area (Å²) >= 11 is 1.57. The number of fused-ring (bicyclic) bond motifs is 2. The lowest BCUT2D eigenvalue weighted by molar-refractivity contribution is -0.144. The topological polar surface area (TPSA) is 146 Å². The molecule has 1 aromatic carbocycles. The Morgan fingerprint density at radius 1 is 1.28 bits per heavy atom. The average Bonchev–Trinajstić information content (AvgIpc) is 3.64. The molecule has 1 aromatic heterocycles. The summed E-state index contributed by atoms with van der Waals surface area (Å²) in [7, 11) is 0. The average molecular weight is 513 g/mol. The number of aromatic nitrogens is 1. The lowest BCUT2D eigenvalue weighted by atomic mass is 9.67. The molecule has 36 heavy (non-hydrogen) atoms. The van der Waals surface area contributed by atoms with E-state index in [1.165, 1.54) is 4.90 Å². The fraction of sp³-hybridized carbons (Fsp3) is 0.538. The van der Waals surface area contributed by atoms with Gasteiger partial charge in [0.05, 0.1) is 5.92 Å². The van der Waals surface area contributed by atoms with Crippen LogP contribution in [0, 0.1) is 23.7 Å². The Bertz CT molecular complexity index is 1230. The summed E-state index contributed by atoms with van der Waals surface area (Å²) in [6, 6.07) is 7.57. The van der Waals surface area contributed by atoms with Gasteiger partial charge in [-0.15, -0.1) is 11.8 Å². The van der Waals surface area contributed by atoms with Crippen molar-refractivity contribution in [2.24, 2.45) is 29.4 Å². The van der Waals surface area contributed by atoms with Gasteiger partial charge >= 0.3 is 0 Å². The van der Waals surface area contributed by atoms with E-state index in [-0.39, 0.29) is 24.2 Å². The molecule has 5 N–H and O–H groups in total. The molecule has 3 aliphatic rings. The van der Waals surface area contributed by atoms with Crippen molar-refractivity contribution in [2.45, 2.75) is 42.5 Å². The molecule has 5 rings (SSSR count). The number of thioether (sulfide) groups is 1. The first kappa shape index (κ1) is 24.8. The predicted molar refractivity (Wildman–Crippen MR) is 135 cm³/mol. The number of ketones is 1. The molecule has 0 bridgehead atoms. The second-order valence-electron chi connectivity index (χ2n) is 10.2. The number of aliphatic hydroxyl groups excluding tert-OH is 1. The zero-order valence-corrected chi connectivity index (χ0v) is 21.1. The predicted octanol–water partition coefficient (Wildman–Crippen LogP) is 1.69. The summed E-state index contributed by atoms with van der Waals surface area (Å²) < 4.78 is 0. The van der Waals surface area contributed by atoms with Crippen LogP contribution in [0.5, 0.6) is 0 Å². The minimum Gasteiger partial charge on any atom is -0.389 e. The van der Waals surface area contributed by atoms with E-state index >= 15 is 0 Å². The number of carbonyl (C=O) groups is 4. The summed E-state index contributed by atoms with van der Waals surface area (Å²) in [6.45, 7) is 0.0226. The number of nitrogens with zero attached hydrogens (tertiary/aromatic N) is 1. The number of amides is 3. The van der Waals surface area contributed by atoms with E-state index in [1.54, 1.807) is 17.8 Å². The van der Waals surface area contributed by atoms with Crippen LogP contribution >= 0.6 is 11.8 Å². The first-order valence-corrected chi connectivity index (χ1v) is 13.7. The van der Waals surface area contributed by atoms with Crippen molar-refractivity contribution >= 4 is 46.2 Å². The minimum absolute atomic E-state index is 0.0268. The maximum Gasteiger partial charge on any atom is 0.271 e. The van der Waals surface area contributed by atoms with Crippen LogP contribution in [-0.2, 0) is 14.4 Å². The SMILES string of the molecule is CSc1cccc2[nH]c(C(=O)N3CC4CCCC4C3(C(N)=O)[C@H](C[C@H]3CCNC3=O)C(=O)CO)cc12. The molecule has 9 nitrogen and oxygen atoms in total. The Morgan fingerprint density at radius 2 is 2.08 bits per heavy atom. The van der Waals surface area contributed by atoms with Gasteiger partial charge in [0.15, 0.2) is 5.78 Å². The first-order valence-electron chi connectivity index (χ1n) is 12.5. The Hall–Kier alpha value is -2.85. The summed E-state index contributed by atoms with van der Waals surface area (Å²) in [5.74, 6) is -3.67. The van der Waals surface area contributed by atoms with E-state index in [4.69, 9.17) is 5.73 Å². The van der Waals surface area contributed by atoms with Crippen molar-refractivity contribution < 1.29 is 24.3 Å². The number of nitrogens with two attached hydrogens (primary N) is 1. The van der Waals surface area contributed by atoms with Crippen LogP contribution < -0.4 is 11.1 Å². The zero-order chi connectivity index (χ0) is 25.6. The number of likely N-dealkylation sites (tertiary alicyclic amines) is 1. The van der Waals surface area contributed by atoms with E-state index in [1.807, 2.05) is 24.5 Å². The molecule has 2 aromatic rings. The number of H-pyrrole nitrogens is 1. The highest BCUT2D eigenvalue weighted by Gasteiger charge is 2.65. The molecule has 10 heteroatoms. The quantitative estimate of drug-likeness (QED) is 0.396. The highest BCUT2D eigenvalue weighted by Crippen LogP contribution is 2.53. The second kappa shape index (κ2) is 9.55. The van der Waals surface area contributed by atoms with Gasteiger partial charge in [0.1, 0.15) is 17.8 Å². The minimum atomic E-state index is -1.60. The van der Waals surface area contributed by atoms with Gasteiger partial charge in [-0.05, 0) is 62.0 Å². The van der Waals surface area contributed by atoms with Crippen molar-refractivity contribution in [3.05, 3.63) is 30.0 Å². The van der Waals surface area contributed by atoms with E-state index < -0.39 is 41.6 Å². The third-order valence-electron chi connectivity index (χ3n) is 8.56. The van der Waals surface area contributed by atoms with Crippen molar-refractivity contribution in [2.75, 3.05) is 26.0 Å². The number of carbonyl (C=O) groups excluding carboxylic acids is 4. The number of hydrogen-bond donors (Lipinski definition) is 4. The third-order valence-corrected chi connectivity index (χ3v) is 9.36. The fourth-order valence-corrected chi connectivity index (χ4v) is 7.60. The van der Waals surface area contributed by atoms with Gasteiger partial charge in [-0.2, -0.15) is 0 Å². The Kier molecular flexibility index (Phi) is 6.59. The zero-order valence-electron chi connectivity index (χ0n) is 20.3. The number of nitrogens with one attached hydrogen (secondary N) is 2. The first-order chi connectivity index (χ1) is 17.3. The van der Waals surface area contributed by atoms with Crippen LogP contribution in [0.4, 0.5) is 0 Å². The van der Waals surface area contributed by atoms with Gasteiger partial charge in [-0.3, -0.25) is 19.2 Å². The molecular weight excluding hydrogens is 480 g/mol. The molecule has 3 heterocycles. The van der Waals surface area contributed by atoms with Gasteiger partial charge < -0.3 is 26.0 Å². The van der Waals surface area contributed by atoms with Crippen LogP contribution in [0.15, 0.2) is 29.2 Å². The molecular formula is C26H32N4O5S. The van der Waals surface area contributed by atoms with E-state index in [0.717, 1.165) is 28.6 Å². The van der Waals surface area contributed by atoms with Gasteiger partial charge in [0.2, 0.25) is 11.8 Å². The van der Waals surface area contributed by atoms with E-state index in [0.29, 0.717) is 31.6 Å². The normalized spacial score (nSPS) is 28.3. The van der Waals surface area contributed by atoms with Crippen LogP contribution in [-0.4, -0.2) is 70.0 Å². The number of aliphatic hydroxyl groups is 1. The largest absolute Gasteiger partial charge is 0.389 e. The van der Waals surface area contributed by atoms with Crippen molar-refractivity contribution in [1.29, 1.82) is 0 Å². The number of aromatic amines is 1. The Morgan fingerprint density at radius 3 is 2.75 bits per heavy atom. The maximum atomic E-state index is 14.1. The standard InChI is InChI=1S/C26H32N4O5S/c1-36-22-7-3-6-19-16(22)11-20(29-19)24(34)30-12-15-4-2-5-17(15)26(30,25(27)35)18(21(32)13-31)10-14-8-9-28-23(14)33/h3,6-7,11,14-15,17-18,29,31H,2,4-5,8-10,12-13H2,1H3,(H2,27,35)(H,28,33)/t14-,15?,17?,18-,26?/m1/s1. The molecule has 5 atom stereocenters. The number of Topliss-reactive ketones (excluding diaryl/α,β-unsaturated/α-hetero) is 1. The van der Waals surface area contributed by atoms with Gasteiger partial charge in [-0.25, -0.2) is 0 Å². The van der Waals surface area contributed by atoms with Crippen molar-refractivity contribution in [1.82, 2.24) is 15.2 Å². The Balaban J connectivity index is 1.62. The molecule has 3 fully saturated rings. The number of benzene rings is 1. The molecule has 3 unspecified atom stereocenters. The van der Waals surface area contributed by atoms with Crippen molar-refractivity contribution in [3.8, 4) is 0 Å². The van der Waals surface area contributed by atoms with Crippen LogP contribution in [0.2, 0.25) is 0 Å². The lowest BCUT2D eigenvalue weighted by Crippen LogP contribution is -2.66. The third kappa shape index (κ3) is 3.73. The summed E-state index contributed by atoms with van der Waals surface area (Å²) in [6.07, 6.45) is 4.94. The number of hydrogen-bond acceptors (Lipinski definition) is 6. The number of rotatable bonds is 8. The lowest BCUT2D eigenvalue weighted by Gasteiger charge is -2.45. The smallest absolute Gasteiger partial charge is 0.271 e. The Labute approximate surface area is 213 Å². The van der Waals surface area contributed by atoms with Crippen molar-refractivity contribution in [3.63, 3.8) is 0 Å². The maximum absolute atomic E-state index is 14.1. The highest BCUT2D eigenvalue weighted by atomic mass is 32.2. The van der Waals surface area contributed by atoms with Crippen LogP contribution in [0.1, 0.15) is 42.6 Å². The molecule has 2 aliphatic heterocycles. The molecule has 1 aliphatic carbocycles. The molecule has 0 radical (unpaired) electrons. The fourth-order valence-electron chi connectivity index (χ4n) is 6.99. The van der Waals surface area contributed by atoms with Gasteiger partial charge in [0.25, 0.3) is 5.91 Å². The molecule has 192 valence electrons. The molecule has 0 spiro atoms. The van der Waals surface area contributed by atoms with Gasteiger partial charge in [0, 0.05) is 34.8 Å². The summed E-state index contributed by atoms with van der Waals surface area (Å²) in [4.78, 5) is 59.0. The summed E-state index contributed by atoms with van der Waals surface area (Å²) in [5.41, 5.74) is 5.67. The monoisotopic (exact) mass is 512 g/mol. The van der Waals surface area contributed by atoms with Gasteiger partial charge in [-0.1, -0.05) is 12.5 Å². The van der Waals surface area contributed by atoms with E-state index in [2.05, 4.69) is 10.3 Å². The van der Waals surface area contributed by atoms with E-state index in [9.17, 15) is 24.3 Å². The second-order valence-corrected chi connectivity index (χ2v) is 11.0. The molecule has 2 saturated heterocycles.